The minimum absolute atomic E-state index is 0.0222. The van der Waals surface area contributed by atoms with Crippen molar-refractivity contribution >= 4 is 5.69 Å². The van der Waals surface area contributed by atoms with Crippen LogP contribution in [0.4, 0.5) is 5.69 Å². The minimum Gasteiger partial charge on any atom is -0.394 e. The summed E-state index contributed by atoms with van der Waals surface area (Å²) in [4.78, 5) is 3.89. The number of aliphatic hydroxyl groups is 1. The van der Waals surface area contributed by atoms with Crippen molar-refractivity contribution in [2.75, 3.05) is 11.9 Å². The Balaban J connectivity index is 2.67. The Kier molecular flexibility index (Phi) is 4.74. The fraction of sp³-hybridized carbons (Fsp3) is 0.500. The molecule has 0 spiro atoms. The molecule has 1 unspecified atom stereocenters. The maximum Gasteiger partial charge on any atom is 0.142 e. The highest BCUT2D eigenvalue weighted by molar-refractivity contribution is 5.46. The van der Waals surface area contributed by atoms with Gasteiger partial charge in [-0.2, -0.15) is 5.26 Å². The first-order chi connectivity index (χ1) is 7.65. The zero-order chi connectivity index (χ0) is 12.0. The van der Waals surface area contributed by atoms with Gasteiger partial charge in [0.25, 0.3) is 0 Å². The van der Waals surface area contributed by atoms with E-state index in [0.29, 0.717) is 11.6 Å². The third-order valence-corrected chi connectivity index (χ3v) is 2.22. The number of rotatable bonds is 5. The van der Waals surface area contributed by atoms with Gasteiger partial charge in [0, 0.05) is 17.9 Å². The van der Waals surface area contributed by atoms with Crippen LogP contribution in [-0.2, 0) is 0 Å². The Morgan fingerprint density at radius 2 is 2.31 bits per heavy atom. The molecule has 1 aromatic heterocycles. The molecule has 16 heavy (non-hydrogen) atoms. The smallest absolute Gasteiger partial charge is 0.142 e. The molecule has 0 amide bonds. The van der Waals surface area contributed by atoms with Crippen molar-refractivity contribution in [3.8, 4) is 6.07 Å². The van der Waals surface area contributed by atoms with Gasteiger partial charge in [-0.15, -0.1) is 0 Å². The summed E-state index contributed by atoms with van der Waals surface area (Å²) in [6.45, 7) is 4.30. The molecule has 0 saturated heterocycles. The van der Waals surface area contributed by atoms with Gasteiger partial charge in [-0.05, 0) is 24.5 Å². The zero-order valence-corrected chi connectivity index (χ0v) is 9.64. The maximum atomic E-state index is 9.22. The van der Waals surface area contributed by atoms with Crippen molar-refractivity contribution in [1.29, 1.82) is 5.26 Å². The molecule has 0 saturated carbocycles. The molecule has 4 nitrogen and oxygen atoms in total. The molecular formula is C12H17N3O. The molecule has 0 aromatic carbocycles. The number of hydrogen-bond donors (Lipinski definition) is 2. The second-order valence-corrected chi connectivity index (χ2v) is 4.19. The van der Waals surface area contributed by atoms with Gasteiger partial charge in [-0.3, -0.25) is 0 Å². The van der Waals surface area contributed by atoms with E-state index in [4.69, 9.17) is 5.26 Å². The van der Waals surface area contributed by atoms with E-state index < -0.39 is 0 Å². The highest BCUT2D eigenvalue weighted by atomic mass is 16.3. The molecule has 86 valence electrons. The maximum absolute atomic E-state index is 9.22. The molecule has 0 aliphatic rings. The van der Waals surface area contributed by atoms with Crippen LogP contribution in [0.1, 0.15) is 26.0 Å². The summed E-state index contributed by atoms with van der Waals surface area (Å²) in [5, 5.41) is 21.1. The van der Waals surface area contributed by atoms with Crippen molar-refractivity contribution in [1.82, 2.24) is 4.98 Å². The summed E-state index contributed by atoms with van der Waals surface area (Å²) < 4.78 is 0. The topological polar surface area (TPSA) is 68.9 Å². The minimum atomic E-state index is 0.0222. The van der Waals surface area contributed by atoms with Gasteiger partial charge < -0.3 is 10.4 Å². The molecule has 0 bridgehead atoms. The van der Waals surface area contributed by atoms with Crippen molar-refractivity contribution in [2.24, 2.45) is 5.92 Å². The second-order valence-electron chi connectivity index (χ2n) is 4.19. The molecule has 4 heteroatoms. The van der Waals surface area contributed by atoms with Crippen LogP contribution in [0.2, 0.25) is 0 Å². The first-order valence-electron chi connectivity index (χ1n) is 5.39. The van der Waals surface area contributed by atoms with Crippen LogP contribution in [0.25, 0.3) is 0 Å². The van der Waals surface area contributed by atoms with E-state index in [1.54, 1.807) is 18.3 Å². The normalized spacial score (nSPS) is 12.2. The van der Waals surface area contributed by atoms with Gasteiger partial charge in [0.15, 0.2) is 0 Å². The second kappa shape index (κ2) is 6.09. The summed E-state index contributed by atoms with van der Waals surface area (Å²) in [5.74, 6) is 0.516. The number of nitrogens with zero attached hydrogens (tertiary/aromatic N) is 2. The molecule has 1 heterocycles. The summed E-state index contributed by atoms with van der Waals surface area (Å²) in [7, 11) is 0. The highest BCUT2D eigenvalue weighted by Crippen LogP contribution is 2.13. The lowest BCUT2D eigenvalue weighted by atomic mass is 10.0. The third kappa shape index (κ3) is 3.87. The molecule has 0 radical (unpaired) electrons. The average Bonchev–Trinajstić information content (AvgIpc) is 2.28. The molecule has 0 fully saturated rings. The van der Waals surface area contributed by atoms with E-state index in [-0.39, 0.29) is 12.6 Å². The summed E-state index contributed by atoms with van der Waals surface area (Å²) in [6.07, 6.45) is 2.48. The van der Waals surface area contributed by atoms with Gasteiger partial charge in [0.1, 0.15) is 11.8 Å². The van der Waals surface area contributed by atoms with Gasteiger partial charge in [-0.1, -0.05) is 13.8 Å². The Labute approximate surface area is 95.9 Å². The van der Waals surface area contributed by atoms with Crippen molar-refractivity contribution < 1.29 is 5.11 Å². The molecule has 1 aromatic rings. The van der Waals surface area contributed by atoms with E-state index in [2.05, 4.69) is 24.1 Å². The van der Waals surface area contributed by atoms with Crippen molar-refractivity contribution in [2.45, 2.75) is 26.3 Å². The number of nitrogens with one attached hydrogen (secondary N) is 1. The van der Waals surface area contributed by atoms with Crippen LogP contribution in [0.15, 0.2) is 18.3 Å². The van der Waals surface area contributed by atoms with Crippen LogP contribution >= 0.6 is 0 Å². The SMILES string of the molecule is CC(C)CC(CO)Nc1ccnc(C#N)c1. The fourth-order valence-electron chi connectivity index (χ4n) is 1.57. The molecule has 0 aliphatic heterocycles. The zero-order valence-electron chi connectivity index (χ0n) is 9.64. The average molecular weight is 219 g/mol. The van der Waals surface area contributed by atoms with Gasteiger partial charge in [0.05, 0.1) is 6.61 Å². The number of pyridine rings is 1. The van der Waals surface area contributed by atoms with Gasteiger partial charge >= 0.3 is 0 Å². The Morgan fingerprint density at radius 3 is 2.88 bits per heavy atom. The van der Waals surface area contributed by atoms with Crippen LogP contribution < -0.4 is 5.32 Å². The van der Waals surface area contributed by atoms with Crippen LogP contribution in [-0.4, -0.2) is 22.7 Å². The van der Waals surface area contributed by atoms with E-state index >= 15 is 0 Å². The van der Waals surface area contributed by atoms with Crippen molar-refractivity contribution in [3.63, 3.8) is 0 Å². The molecule has 1 atom stereocenters. The third-order valence-electron chi connectivity index (χ3n) is 2.22. The number of aliphatic hydroxyl groups excluding tert-OH is 1. The van der Waals surface area contributed by atoms with E-state index in [9.17, 15) is 5.11 Å². The fourth-order valence-corrected chi connectivity index (χ4v) is 1.57. The van der Waals surface area contributed by atoms with Crippen LogP contribution in [0, 0.1) is 17.2 Å². The first-order valence-corrected chi connectivity index (χ1v) is 5.39. The van der Waals surface area contributed by atoms with E-state index in [1.807, 2.05) is 6.07 Å². The monoisotopic (exact) mass is 219 g/mol. The standard InChI is InChI=1S/C12H17N3O/c1-9(2)5-12(8-16)15-10-3-4-14-11(6-10)7-13/h3-4,6,9,12,16H,5,8H2,1-2H3,(H,14,15). The molecule has 0 aliphatic carbocycles. The van der Waals surface area contributed by atoms with Crippen LogP contribution in [0.3, 0.4) is 0 Å². The summed E-state index contributed by atoms with van der Waals surface area (Å²) in [5.41, 5.74) is 1.21. The Hall–Kier alpha value is -1.60. The highest BCUT2D eigenvalue weighted by Gasteiger charge is 2.09. The predicted octanol–water partition coefficient (Wildman–Crippen LogP) is 1.77. The Bertz CT molecular complexity index is 371. The molecule has 1 rings (SSSR count). The lowest BCUT2D eigenvalue weighted by Gasteiger charge is -2.19. The lowest BCUT2D eigenvalue weighted by molar-refractivity contribution is 0.259. The Morgan fingerprint density at radius 1 is 1.56 bits per heavy atom. The number of anilines is 1. The predicted molar refractivity (Wildman–Crippen MR) is 62.9 cm³/mol. The number of nitriles is 1. The largest absolute Gasteiger partial charge is 0.394 e. The number of hydrogen-bond acceptors (Lipinski definition) is 4. The van der Waals surface area contributed by atoms with E-state index in [1.165, 1.54) is 0 Å². The molecule has 2 N–H and O–H groups in total. The van der Waals surface area contributed by atoms with Crippen LogP contribution in [0.5, 0.6) is 0 Å². The first kappa shape index (κ1) is 12.5. The van der Waals surface area contributed by atoms with Gasteiger partial charge in [-0.25, -0.2) is 4.98 Å². The lowest BCUT2D eigenvalue weighted by Crippen LogP contribution is -2.25. The van der Waals surface area contributed by atoms with Gasteiger partial charge in [0.2, 0.25) is 0 Å². The van der Waals surface area contributed by atoms with Crippen molar-refractivity contribution in [3.05, 3.63) is 24.0 Å². The number of aromatic nitrogens is 1. The summed E-state index contributed by atoms with van der Waals surface area (Å²) >= 11 is 0. The summed E-state index contributed by atoms with van der Waals surface area (Å²) in [6, 6.07) is 5.49. The molecular weight excluding hydrogens is 202 g/mol. The van der Waals surface area contributed by atoms with E-state index in [0.717, 1.165) is 12.1 Å². The quantitative estimate of drug-likeness (QED) is 0.792.